The van der Waals surface area contributed by atoms with Crippen LogP contribution in [0.3, 0.4) is 0 Å². The van der Waals surface area contributed by atoms with Crippen LogP contribution in [-0.2, 0) is 25.6 Å². The van der Waals surface area contributed by atoms with Crippen molar-refractivity contribution in [3.05, 3.63) is 36.0 Å². The summed E-state index contributed by atoms with van der Waals surface area (Å²) in [5.41, 5.74) is 6.75. The number of carboxylic acid groups (broad SMARTS) is 1. The number of hydrogen-bond donors (Lipinski definition) is 7. The monoisotopic (exact) mass is 405 g/mol. The Kier molecular flexibility index (Phi) is 7.69. The van der Waals surface area contributed by atoms with Crippen LogP contribution in [0.15, 0.2) is 30.5 Å². The first kappa shape index (κ1) is 21.9. The number of H-pyrrole nitrogens is 1. The number of aliphatic carboxylic acids is 1. The van der Waals surface area contributed by atoms with E-state index in [1.807, 2.05) is 24.3 Å². The second-order valence-corrected chi connectivity index (χ2v) is 6.24. The molecular formula is C18H23N5O6. The van der Waals surface area contributed by atoms with E-state index in [0.717, 1.165) is 16.5 Å². The molecule has 2 aromatic rings. The van der Waals surface area contributed by atoms with Gasteiger partial charge in [0.2, 0.25) is 17.7 Å². The van der Waals surface area contributed by atoms with Crippen molar-refractivity contribution < 1.29 is 29.4 Å². The van der Waals surface area contributed by atoms with E-state index in [1.165, 1.54) is 0 Å². The van der Waals surface area contributed by atoms with E-state index >= 15 is 0 Å². The van der Waals surface area contributed by atoms with Crippen LogP contribution in [0, 0.1) is 0 Å². The van der Waals surface area contributed by atoms with Crippen LogP contribution in [-0.4, -0.2) is 70.7 Å². The number of carbonyl (C=O) groups is 4. The Morgan fingerprint density at radius 1 is 1.07 bits per heavy atom. The van der Waals surface area contributed by atoms with E-state index in [9.17, 15) is 24.3 Å². The summed E-state index contributed by atoms with van der Waals surface area (Å²) in [4.78, 5) is 50.1. The lowest BCUT2D eigenvalue weighted by atomic mass is 10.0. The SMILES string of the molecule is NCC(=O)NC(CO)C(=O)NC(Cc1c[nH]c2ccccc12)C(=O)NCC(=O)O. The van der Waals surface area contributed by atoms with Gasteiger partial charge in [-0.25, -0.2) is 0 Å². The fraction of sp³-hybridized carbons (Fsp3) is 0.333. The number of fused-ring (bicyclic) bond motifs is 1. The van der Waals surface area contributed by atoms with Crippen LogP contribution in [0.5, 0.6) is 0 Å². The van der Waals surface area contributed by atoms with Gasteiger partial charge in [0.1, 0.15) is 18.6 Å². The second-order valence-electron chi connectivity index (χ2n) is 6.24. The van der Waals surface area contributed by atoms with E-state index in [2.05, 4.69) is 20.9 Å². The zero-order valence-electron chi connectivity index (χ0n) is 15.5. The van der Waals surface area contributed by atoms with Gasteiger partial charge in [-0.1, -0.05) is 18.2 Å². The third-order valence-electron chi connectivity index (χ3n) is 4.17. The normalized spacial score (nSPS) is 12.8. The van der Waals surface area contributed by atoms with E-state index in [-0.39, 0.29) is 13.0 Å². The molecule has 2 unspecified atom stereocenters. The molecule has 3 amide bonds. The lowest BCUT2D eigenvalue weighted by Gasteiger charge is -2.21. The third-order valence-corrected chi connectivity index (χ3v) is 4.17. The van der Waals surface area contributed by atoms with Crippen molar-refractivity contribution >= 4 is 34.6 Å². The molecule has 0 aliphatic rings. The zero-order valence-corrected chi connectivity index (χ0v) is 15.5. The Balaban J connectivity index is 2.20. The van der Waals surface area contributed by atoms with Crippen LogP contribution in [0.4, 0.5) is 0 Å². The Bertz CT molecular complexity index is 896. The van der Waals surface area contributed by atoms with Gasteiger partial charge in [0.25, 0.3) is 0 Å². The Morgan fingerprint density at radius 2 is 1.79 bits per heavy atom. The molecule has 0 radical (unpaired) electrons. The summed E-state index contributed by atoms with van der Waals surface area (Å²) in [5, 5.41) is 25.9. The number of aromatic nitrogens is 1. The molecular weight excluding hydrogens is 382 g/mol. The van der Waals surface area contributed by atoms with Crippen LogP contribution < -0.4 is 21.7 Å². The molecule has 156 valence electrons. The van der Waals surface area contributed by atoms with Gasteiger partial charge in [0.05, 0.1) is 13.2 Å². The second kappa shape index (κ2) is 10.2. The molecule has 0 aliphatic carbocycles. The van der Waals surface area contributed by atoms with Gasteiger partial charge in [-0.05, 0) is 11.6 Å². The molecule has 11 nitrogen and oxygen atoms in total. The number of hydrogen-bond acceptors (Lipinski definition) is 6. The van der Waals surface area contributed by atoms with Gasteiger partial charge < -0.3 is 36.9 Å². The first-order chi connectivity index (χ1) is 13.8. The minimum Gasteiger partial charge on any atom is -0.480 e. The van der Waals surface area contributed by atoms with E-state index < -0.39 is 48.9 Å². The fourth-order valence-corrected chi connectivity index (χ4v) is 2.74. The molecule has 1 heterocycles. The smallest absolute Gasteiger partial charge is 0.322 e. The van der Waals surface area contributed by atoms with Crippen LogP contribution >= 0.6 is 0 Å². The van der Waals surface area contributed by atoms with Crippen molar-refractivity contribution in [2.45, 2.75) is 18.5 Å². The minimum absolute atomic E-state index is 0.0597. The van der Waals surface area contributed by atoms with Crippen molar-refractivity contribution in [3.8, 4) is 0 Å². The molecule has 1 aromatic carbocycles. The third kappa shape index (κ3) is 6.02. The number of benzene rings is 1. The highest BCUT2D eigenvalue weighted by Crippen LogP contribution is 2.19. The van der Waals surface area contributed by atoms with Crippen molar-refractivity contribution in [2.75, 3.05) is 19.7 Å². The Morgan fingerprint density at radius 3 is 2.45 bits per heavy atom. The van der Waals surface area contributed by atoms with Crippen LogP contribution in [0.25, 0.3) is 10.9 Å². The molecule has 2 atom stereocenters. The van der Waals surface area contributed by atoms with Crippen molar-refractivity contribution in [2.24, 2.45) is 5.73 Å². The van der Waals surface area contributed by atoms with Gasteiger partial charge >= 0.3 is 5.97 Å². The largest absolute Gasteiger partial charge is 0.480 e. The van der Waals surface area contributed by atoms with Crippen LogP contribution in [0.2, 0.25) is 0 Å². The number of aromatic amines is 1. The number of aliphatic hydroxyl groups is 1. The summed E-state index contributed by atoms with van der Waals surface area (Å²) >= 11 is 0. The average molecular weight is 405 g/mol. The average Bonchev–Trinajstić information content (AvgIpc) is 3.12. The fourth-order valence-electron chi connectivity index (χ4n) is 2.74. The van der Waals surface area contributed by atoms with Crippen molar-refractivity contribution in [3.63, 3.8) is 0 Å². The highest BCUT2D eigenvalue weighted by molar-refractivity contribution is 5.94. The molecule has 0 saturated heterocycles. The summed E-state index contributed by atoms with van der Waals surface area (Å²) < 4.78 is 0. The summed E-state index contributed by atoms with van der Waals surface area (Å²) in [6.07, 6.45) is 1.75. The molecule has 0 aliphatic heterocycles. The predicted molar refractivity (Wildman–Crippen MR) is 103 cm³/mol. The molecule has 8 N–H and O–H groups in total. The molecule has 0 saturated carbocycles. The van der Waals surface area contributed by atoms with Crippen LogP contribution in [0.1, 0.15) is 5.56 Å². The first-order valence-corrected chi connectivity index (χ1v) is 8.80. The lowest BCUT2D eigenvalue weighted by molar-refractivity contribution is -0.138. The highest BCUT2D eigenvalue weighted by atomic mass is 16.4. The number of nitrogens with one attached hydrogen (secondary N) is 4. The standard InChI is InChI=1S/C18H23N5O6/c19-6-15(25)22-14(9-24)18(29)23-13(17(28)21-8-16(26)27)5-10-7-20-12-4-2-1-3-11(10)12/h1-4,7,13-14,20,24H,5-6,8-9,19H2,(H,21,28)(H,22,25)(H,23,29)(H,26,27). The molecule has 0 bridgehead atoms. The highest BCUT2D eigenvalue weighted by Gasteiger charge is 2.27. The van der Waals surface area contributed by atoms with Gasteiger partial charge in [-0.3, -0.25) is 19.2 Å². The lowest BCUT2D eigenvalue weighted by Crippen LogP contribution is -2.56. The van der Waals surface area contributed by atoms with Gasteiger partial charge in [-0.15, -0.1) is 0 Å². The predicted octanol–water partition coefficient (Wildman–Crippen LogP) is -2.17. The number of nitrogens with two attached hydrogens (primary N) is 1. The van der Waals surface area contributed by atoms with Crippen molar-refractivity contribution in [1.29, 1.82) is 0 Å². The van der Waals surface area contributed by atoms with E-state index in [1.54, 1.807) is 6.20 Å². The molecule has 2 rings (SSSR count). The van der Waals surface area contributed by atoms with Gasteiger partial charge in [0, 0.05) is 23.5 Å². The Hall–Kier alpha value is -3.44. The number of amides is 3. The minimum atomic E-state index is -1.30. The summed E-state index contributed by atoms with van der Waals surface area (Å²) in [6, 6.07) is 4.91. The number of carboxylic acids is 1. The maximum Gasteiger partial charge on any atom is 0.322 e. The van der Waals surface area contributed by atoms with E-state index in [0.29, 0.717) is 0 Å². The Labute approximate surface area is 165 Å². The van der Waals surface area contributed by atoms with Crippen molar-refractivity contribution in [1.82, 2.24) is 20.9 Å². The maximum absolute atomic E-state index is 12.5. The number of carbonyl (C=O) groups excluding carboxylic acids is 3. The molecule has 0 fully saturated rings. The number of para-hydroxylation sites is 1. The quantitative estimate of drug-likeness (QED) is 0.234. The van der Waals surface area contributed by atoms with Gasteiger partial charge in [-0.2, -0.15) is 0 Å². The number of rotatable bonds is 10. The number of aliphatic hydroxyl groups excluding tert-OH is 1. The molecule has 29 heavy (non-hydrogen) atoms. The zero-order chi connectivity index (χ0) is 21.4. The molecule has 1 aromatic heterocycles. The molecule has 11 heteroatoms. The van der Waals surface area contributed by atoms with Gasteiger partial charge in [0.15, 0.2) is 0 Å². The topological polar surface area (TPSA) is 187 Å². The summed E-state index contributed by atoms with van der Waals surface area (Å²) in [5.74, 6) is -3.40. The van der Waals surface area contributed by atoms with E-state index in [4.69, 9.17) is 10.8 Å². The summed E-state index contributed by atoms with van der Waals surface area (Å²) in [6.45, 7) is -1.69. The molecule has 0 spiro atoms. The summed E-state index contributed by atoms with van der Waals surface area (Å²) in [7, 11) is 0. The first-order valence-electron chi connectivity index (χ1n) is 8.80. The maximum atomic E-state index is 12.5.